The van der Waals surface area contributed by atoms with Crippen LogP contribution in [-0.2, 0) is 0 Å². The van der Waals surface area contributed by atoms with E-state index in [2.05, 4.69) is 21.2 Å². The lowest BCUT2D eigenvalue weighted by Gasteiger charge is -2.09. The van der Waals surface area contributed by atoms with Gasteiger partial charge in [-0.25, -0.2) is 0 Å². The van der Waals surface area contributed by atoms with Gasteiger partial charge in [0.05, 0.1) is 5.39 Å². The highest BCUT2D eigenvalue weighted by molar-refractivity contribution is 9.10. The van der Waals surface area contributed by atoms with E-state index in [0.29, 0.717) is 22.3 Å². The van der Waals surface area contributed by atoms with Gasteiger partial charge in [-0.05, 0) is 61.9 Å². The first kappa shape index (κ1) is 19.2. The molecule has 0 aliphatic rings. The van der Waals surface area contributed by atoms with Crippen LogP contribution in [0.3, 0.4) is 0 Å². The van der Waals surface area contributed by atoms with Crippen molar-refractivity contribution in [3.8, 4) is 11.3 Å². The van der Waals surface area contributed by atoms with E-state index in [1.54, 1.807) is 30.3 Å². The molecule has 3 aromatic carbocycles. The van der Waals surface area contributed by atoms with Crippen molar-refractivity contribution in [1.82, 2.24) is 0 Å². The monoisotopic (exact) mass is 447 g/mol. The number of aryl methyl sites for hydroxylation is 2. The van der Waals surface area contributed by atoms with Crippen LogP contribution in [0.25, 0.3) is 22.3 Å². The van der Waals surface area contributed by atoms with E-state index in [0.717, 1.165) is 26.9 Å². The highest BCUT2D eigenvalue weighted by atomic mass is 79.9. The lowest BCUT2D eigenvalue weighted by atomic mass is 10.1. The Morgan fingerprint density at radius 3 is 2.41 bits per heavy atom. The molecule has 1 amide bonds. The molecule has 0 atom stereocenters. The third kappa shape index (κ3) is 4.00. The Kier molecular flexibility index (Phi) is 5.07. The van der Waals surface area contributed by atoms with E-state index in [-0.39, 0.29) is 11.3 Å². The highest BCUT2D eigenvalue weighted by Gasteiger charge is 2.11. The van der Waals surface area contributed by atoms with Gasteiger partial charge in [-0.1, -0.05) is 39.7 Å². The van der Waals surface area contributed by atoms with Gasteiger partial charge >= 0.3 is 0 Å². The van der Waals surface area contributed by atoms with E-state index in [4.69, 9.17) is 4.42 Å². The number of benzene rings is 3. The second-order valence-electron chi connectivity index (χ2n) is 6.97. The maximum atomic E-state index is 12.6. The van der Waals surface area contributed by atoms with Crippen molar-refractivity contribution in [2.45, 2.75) is 13.8 Å². The second kappa shape index (κ2) is 7.68. The highest BCUT2D eigenvalue weighted by Crippen LogP contribution is 2.24. The second-order valence-corrected chi connectivity index (χ2v) is 7.88. The summed E-state index contributed by atoms with van der Waals surface area (Å²) in [6.07, 6.45) is 0. The summed E-state index contributed by atoms with van der Waals surface area (Å²) >= 11 is 3.42. The normalized spacial score (nSPS) is 10.9. The van der Waals surface area contributed by atoms with Crippen LogP contribution in [0.15, 0.2) is 80.4 Å². The zero-order valence-corrected chi connectivity index (χ0v) is 17.5. The van der Waals surface area contributed by atoms with E-state index >= 15 is 0 Å². The standard InChI is InChI=1S/C24H18BrNO3/c1-14-3-10-22-19(11-14)21(27)13-23(29-22)16-4-6-17(7-5-16)24(28)26-20-9-8-18(25)12-15(20)2/h3-13H,1-2H3,(H,26,28). The molecule has 0 unspecified atom stereocenters. The summed E-state index contributed by atoms with van der Waals surface area (Å²) in [6, 6.07) is 19.7. The molecular formula is C24H18BrNO3. The molecule has 0 spiro atoms. The lowest BCUT2D eigenvalue weighted by molar-refractivity contribution is 0.102. The number of rotatable bonds is 3. The number of carbonyl (C=O) groups is 1. The van der Waals surface area contributed by atoms with Crippen LogP contribution in [0.2, 0.25) is 0 Å². The number of anilines is 1. The Labute approximate surface area is 176 Å². The average molecular weight is 448 g/mol. The Balaban J connectivity index is 1.60. The molecule has 1 aromatic heterocycles. The molecule has 0 aliphatic carbocycles. The molecule has 4 nitrogen and oxygen atoms in total. The summed E-state index contributed by atoms with van der Waals surface area (Å²) in [4.78, 5) is 25.0. The molecule has 0 saturated carbocycles. The minimum atomic E-state index is -0.197. The number of halogens is 1. The Morgan fingerprint density at radius 1 is 0.931 bits per heavy atom. The van der Waals surface area contributed by atoms with Crippen molar-refractivity contribution < 1.29 is 9.21 Å². The molecule has 1 N–H and O–H groups in total. The summed E-state index contributed by atoms with van der Waals surface area (Å²) in [7, 11) is 0. The molecule has 5 heteroatoms. The summed E-state index contributed by atoms with van der Waals surface area (Å²) in [5, 5.41) is 3.48. The summed E-state index contributed by atoms with van der Waals surface area (Å²) in [5.74, 6) is 0.277. The summed E-state index contributed by atoms with van der Waals surface area (Å²) in [6.45, 7) is 3.87. The van der Waals surface area contributed by atoms with Gasteiger partial charge in [-0.15, -0.1) is 0 Å². The molecule has 4 rings (SSSR count). The van der Waals surface area contributed by atoms with Crippen LogP contribution in [-0.4, -0.2) is 5.91 Å². The minimum Gasteiger partial charge on any atom is -0.456 e. The topological polar surface area (TPSA) is 59.3 Å². The summed E-state index contributed by atoms with van der Waals surface area (Å²) < 4.78 is 6.86. The molecule has 29 heavy (non-hydrogen) atoms. The largest absolute Gasteiger partial charge is 0.456 e. The van der Waals surface area contributed by atoms with Gasteiger partial charge in [0, 0.05) is 27.4 Å². The Hall–Kier alpha value is -3.18. The van der Waals surface area contributed by atoms with Crippen molar-refractivity contribution in [3.63, 3.8) is 0 Å². The molecule has 1 heterocycles. The number of hydrogen-bond acceptors (Lipinski definition) is 3. The fourth-order valence-electron chi connectivity index (χ4n) is 3.16. The number of hydrogen-bond donors (Lipinski definition) is 1. The molecule has 0 aliphatic heterocycles. The summed E-state index contributed by atoms with van der Waals surface area (Å²) in [5.41, 5.74) is 4.46. The van der Waals surface area contributed by atoms with Gasteiger partial charge in [-0.2, -0.15) is 0 Å². The SMILES string of the molecule is Cc1ccc2oc(-c3ccc(C(=O)Nc4ccc(Br)cc4C)cc3)cc(=O)c2c1. The van der Waals surface area contributed by atoms with Gasteiger partial charge in [0.2, 0.25) is 0 Å². The van der Waals surface area contributed by atoms with Crippen molar-refractivity contribution in [1.29, 1.82) is 0 Å². The predicted molar refractivity (Wildman–Crippen MR) is 119 cm³/mol. The first-order valence-electron chi connectivity index (χ1n) is 9.13. The van der Waals surface area contributed by atoms with Crippen LogP contribution in [0.5, 0.6) is 0 Å². The third-order valence-corrected chi connectivity index (χ3v) is 5.24. The van der Waals surface area contributed by atoms with E-state index in [1.165, 1.54) is 6.07 Å². The Morgan fingerprint density at radius 2 is 1.69 bits per heavy atom. The van der Waals surface area contributed by atoms with Gasteiger partial charge < -0.3 is 9.73 Å². The van der Waals surface area contributed by atoms with Crippen molar-refractivity contribution >= 4 is 38.5 Å². The smallest absolute Gasteiger partial charge is 0.255 e. The van der Waals surface area contributed by atoms with E-state index in [9.17, 15) is 9.59 Å². The van der Waals surface area contributed by atoms with E-state index in [1.807, 2.05) is 44.2 Å². The Bertz CT molecular complexity index is 1290. The van der Waals surface area contributed by atoms with Crippen LogP contribution in [0.1, 0.15) is 21.5 Å². The number of carbonyl (C=O) groups excluding carboxylic acids is 1. The van der Waals surface area contributed by atoms with Gasteiger partial charge in [-0.3, -0.25) is 9.59 Å². The van der Waals surface area contributed by atoms with Crippen LogP contribution < -0.4 is 10.7 Å². The van der Waals surface area contributed by atoms with Crippen LogP contribution in [0, 0.1) is 13.8 Å². The van der Waals surface area contributed by atoms with Crippen molar-refractivity contribution in [2.24, 2.45) is 0 Å². The number of fused-ring (bicyclic) bond motifs is 1. The molecule has 0 fully saturated rings. The first-order chi connectivity index (χ1) is 13.9. The average Bonchev–Trinajstić information content (AvgIpc) is 2.70. The van der Waals surface area contributed by atoms with E-state index < -0.39 is 0 Å². The predicted octanol–water partition coefficient (Wildman–Crippen LogP) is 6.09. The molecule has 0 saturated heterocycles. The third-order valence-electron chi connectivity index (χ3n) is 4.75. The first-order valence-corrected chi connectivity index (χ1v) is 9.92. The molecular weight excluding hydrogens is 430 g/mol. The lowest BCUT2D eigenvalue weighted by Crippen LogP contribution is -2.12. The molecule has 4 aromatic rings. The van der Waals surface area contributed by atoms with Crippen LogP contribution >= 0.6 is 15.9 Å². The molecule has 0 radical (unpaired) electrons. The van der Waals surface area contributed by atoms with Crippen molar-refractivity contribution in [3.05, 3.63) is 98.1 Å². The molecule has 144 valence electrons. The minimum absolute atomic E-state index is 0.0857. The zero-order valence-electron chi connectivity index (χ0n) is 16.0. The maximum Gasteiger partial charge on any atom is 0.255 e. The number of amides is 1. The quantitative estimate of drug-likeness (QED) is 0.413. The molecule has 0 bridgehead atoms. The zero-order chi connectivity index (χ0) is 20.5. The number of nitrogens with one attached hydrogen (secondary N) is 1. The van der Waals surface area contributed by atoms with Gasteiger partial charge in [0.15, 0.2) is 5.43 Å². The van der Waals surface area contributed by atoms with Crippen LogP contribution in [0.4, 0.5) is 5.69 Å². The maximum absolute atomic E-state index is 12.6. The van der Waals surface area contributed by atoms with Gasteiger partial charge in [0.1, 0.15) is 11.3 Å². The fourth-order valence-corrected chi connectivity index (χ4v) is 3.64. The van der Waals surface area contributed by atoms with Gasteiger partial charge in [0.25, 0.3) is 5.91 Å². The fraction of sp³-hybridized carbons (Fsp3) is 0.0833. The van der Waals surface area contributed by atoms with Crippen molar-refractivity contribution in [2.75, 3.05) is 5.32 Å².